The lowest BCUT2D eigenvalue weighted by Crippen LogP contribution is -2.38. The minimum Gasteiger partial charge on any atom is -0.318 e. The second-order valence-corrected chi connectivity index (χ2v) is 5.90. The molecule has 0 aliphatic carbocycles. The molecule has 0 saturated carbocycles. The fourth-order valence-corrected chi connectivity index (χ4v) is 3.02. The van der Waals surface area contributed by atoms with Crippen LogP contribution >= 0.6 is 0 Å². The molecule has 2 amide bonds. The summed E-state index contributed by atoms with van der Waals surface area (Å²) in [7, 11) is 0. The van der Waals surface area contributed by atoms with Crippen molar-refractivity contribution in [3.05, 3.63) is 72.7 Å². The van der Waals surface area contributed by atoms with Gasteiger partial charge in [-0.15, -0.1) is 5.10 Å². The molecule has 1 atom stereocenters. The van der Waals surface area contributed by atoms with Crippen LogP contribution in [0.3, 0.4) is 0 Å². The number of nitrogens with one attached hydrogen (secondary N) is 1. The zero-order valence-electron chi connectivity index (χ0n) is 15.0. The number of para-hydroxylation sites is 1. The Kier molecular flexibility index (Phi) is 5.63. The Hall–Kier alpha value is -3.15. The summed E-state index contributed by atoms with van der Waals surface area (Å²) in [6.07, 6.45) is 6.17. The van der Waals surface area contributed by atoms with Crippen molar-refractivity contribution in [3.63, 3.8) is 0 Å². The van der Waals surface area contributed by atoms with Crippen molar-refractivity contribution in [1.29, 1.82) is 0 Å². The van der Waals surface area contributed by atoms with Gasteiger partial charge < -0.3 is 4.90 Å². The topological polar surface area (TPSA) is 63.1 Å². The second kappa shape index (κ2) is 8.29. The molecule has 6 heteroatoms. The van der Waals surface area contributed by atoms with Crippen molar-refractivity contribution in [3.8, 4) is 5.69 Å². The zero-order chi connectivity index (χ0) is 18.4. The molecular formula is C20H23N5O. The number of nitrogens with zero attached hydrogens (tertiary/aromatic N) is 4. The number of rotatable bonds is 6. The second-order valence-electron chi connectivity index (χ2n) is 5.90. The SMILES string of the molecule is CCC(c1ccncc1)N(CC)C(=O)Nc1ccn(-c2ccccc2)n1. The number of aromatic nitrogens is 3. The van der Waals surface area contributed by atoms with E-state index < -0.39 is 0 Å². The Bertz CT molecular complexity index is 832. The number of pyridine rings is 1. The number of anilines is 1. The fraction of sp³-hybridized carbons (Fsp3) is 0.250. The van der Waals surface area contributed by atoms with Crippen LogP contribution in [0.2, 0.25) is 0 Å². The highest BCUT2D eigenvalue weighted by Crippen LogP contribution is 2.24. The number of hydrogen-bond acceptors (Lipinski definition) is 3. The number of hydrogen-bond donors (Lipinski definition) is 1. The summed E-state index contributed by atoms with van der Waals surface area (Å²) < 4.78 is 1.74. The van der Waals surface area contributed by atoms with Crippen molar-refractivity contribution in [2.45, 2.75) is 26.3 Å². The van der Waals surface area contributed by atoms with Crippen LogP contribution in [0.4, 0.5) is 10.6 Å². The quantitative estimate of drug-likeness (QED) is 0.723. The highest BCUT2D eigenvalue weighted by Gasteiger charge is 2.23. The van der Waals surface area contributed by atoms with Gasteiger partial charge in [-0.25, -0.2) is 9.48 Å². The zero-order valence-corrected chi connectivity index (χ0v) is 15.0. The van der Waals surface area contributed by atoms with Gasteiger partial charge in [-0.2, -0.15) is 0 Å². The molecule has 1 N–H and O–H groups in total. The third kappa shape index (κ3) is 3.91. The van der Waals surface area contributed by atoms with Gasteiger partial charge in [0.2, 0.25) is 0 Å². The van der Waals surface area contributed by atoms with E-state index in [1.54, 1.807) is 23.1 Å². The Balaban J connectivity index is 1.74. The first-order chi connectivity index (χ1) is 12.7. The third-order valence-electron chi connectivity index (χ3n) is 4.30. The average molecular weight is 349 g/mol. The first-order valence-corrected chi connectivity index (χ1v) is 8.81. The molecule has 0 bridgehead atoms. The van der Waals surface area contributed by atoms with Crippen LogP contribution in [0.1, 0.15) is 31.9 Å². The normalized spacial score (nSPS) is 11.8. The van der Waals surface area contributed by atoms with Crippen LogP contribution in [-0.4, -0.2) is 32.2 Å². The van der Waals surface area contributed by atoms with Gasteiger partial charge in [0.15, 0.2) is 5.82 Å². The highest BCUT2D eigenvalue weighted by molar-refractivity contribution is 5.88. The van der Waals surface area contributed by atoms with E-state index in [-0.39, 0.29) is 12.1 Å². The van der Waals surface area contributed by atoms with Gasteiger partial charge in [-0.05, 0) is 43.2 Å². The minimum atomic E-state index is -0.158. The minimum absolute atomic E-state index is 0.000732. The van der Waals surface area contributed by atoms with E-state index in [0.29, 0.717) is 12.4 Å². The molecule has 0 saturated heterocycles. The smallest absolute Gasteiger partial charge is 0.318 e. The summed E-state index contributed by atoms with van der Waals surface area (Å²) in [5, 5.41) is 7.35. The molecular weight excluding hydrogens is 326 g/mol. The standard InChI is InChI=1S/C20H23N5O/c1-3-18(16-10-13-21-14-11-16)24(4-2)20(26)22-19-12-15-25(23-19)17-8-6-5-7-9-17/h5-15,18H,3-4H2,1-2H3,(H,22,23,26). The van der Waals surface area contributed by atoms with Crippen LogP contribution in [0, 0.1) is 0 Å². The maximum absolute atomic E-state index is 12.8. The Labute approximate surface area is 153 Å². The van der Waals surface area contributed by atoms with Gasteiger partial charge in [0.25, 0.3) is 0 Å². The summed E-state index contributed by atoms with van der Waals surface area (Å²) in [5.74, 6) is 0.530. The predicted molar refractivity (Wildman–Crippen MR) is 102 cm³/mol. The largest absolute Gasteiger partial charge is 0.323 e. The summed E-state index contributed by atoms with van der Waals surface area (Å²) in [6.45, 7) is 4.66. The predicted octanol–water partition coefficient (Wildman–Crippen LogP) is 4.27. The Morgan fingerprint density at radius 2 is 1.85 bits per heavy atom. The van der Waals surface area contributed by atoms with Crippen LogP contribution in [0.5, 0.6) is 0 Å². The summed E-state index contributed by atoms with van der Waals surface area (Å²) in [4.78, 5) is 18.7. The molecule has 0 radical (unpaired) electrons. The molecule has 0 aliphatic rings. The Morgan fingerprint density at radius 1 is 1.12 bits per heavy atom. The summed E-state index contributed by atoms with van der Waals surface area (Å²) in [6, 6.07) is 15.3. The van der Waals surface area contributed by atoms with E-state index in [2.05, 4.69) is 22.3 Å². The molecule has 0 aliphatic heterocycles. The average Bonchev–Trinajstić information content (AvgIpc) is 3.15. The van der Waals surface area contributed by atoms with E-state index >= 15 is 0 Å². The molecule has 3 aromatic rings. The van der Waals surface area contributed by atoms with E-state index in [1.165, 1.54) is 0 Å². The van der Waals surface area contributed by atoms with Gasteiger partial charge in [0, 0.05) is 31.2 Å². The van der Waals surface area contributed by atoms with Crippen molar-refractivity contribution in [1.82, 2.24) is 19.7 Å². The molecule has 1 aromatic carbocycles. The maximum atomic E-state index is 12.8. The lowest BCUT2D eigenvalue weighted by atomic mass is 10.0. The van der Waals surface area contributed by atoms with Crippen LogP contribution in [0.15, 0.2) is 67.1 Å². The Morgan fingerprint density at radius 3 is 2.50 bits per heavy atom. The molecule has 2 aromatic heterocycles. The molecule has 134 valence electrons. The molecule has 0 spiro atoms. The van der Waals surface area contributed by atoms with Gasteiger partial charge in [0.1, 0.15) is 0 Å². The van der Waals surface area contributed by atoms with Crippen molar-refractivity contribution < 1.29 is 4.79 Å². The number of urea groups is 1. The van der Waals surface area contributed by atoms with E-state index in [0.717, 1.165) is 17.7 Å². The maximum Gasteiger partial charge on any atom is 0.323 e. The molecule has 0 fully saturated rings. The van der Waals surface area contributed by atoms with Gasteiger partial charge in [-0.1, -0.05) is 25.1 Å². The number of carbonyl (C=O) groups is 1. The number of amides is 2. The lowest BCUT2D eigenvalue weighted by molar-refractivity contribution is 0.190. The van der Waals surface area contributed by atoms with Gasteiger partial charge in [0.05, 0.1) is 11.7 Å². The van der Waals surface area contributed by atoms with Gasteiger partial charge >= 0.3 is 6.03 Å². The molecule has 6 nitrogen and oxygen atoms in total. The molecule has 1 unspecified atom stereocenters. The van der Waals surface area contributed by atoms with E-state index in [4.69, 9.17) is 0 Å². The van der Waals surface area contributed by atoms with Crippen molar-refractivity contribution in [2.24, 2.45) is 0 Å². The first kappa shape index (κ1) is 17.7. The first-order valence-electron chi connectivity index (χ1n) is 8.81. The number of benzene rings is 1. The monoisotopic (exact) mass is 349 g/mol. The van der Waals surface area contributed by atoms with Crippen molar-refractivity contribution >= 4 is 11.8 Å². The van der Waals surface area contributed by atoms with Crippen LogP contribution < -0.4 is 5.32 Å². The molecule has 2 heterocycles. The summed E-state index contributed by atoms with van der Waals surface area (Å²) in [5.41, 5.74) is 2.03. The highest BCUT2D eigenvalue weighted by atomic mass is 16.2. The summed E-state index contributed by atoms with van der Waals surface area (Å²) >= 11 is 0. The van der Waals surface area contributed by atoms with Gasteiger partial charge in [-0.3, -0.25) is 10.3 Å². The van der Waals surface area contributed by atoms with E-state index in [1.807, 2.05) is 60.5 Å². The lowest BCUT2D eigenvalue weighted by Gasteiger charge is -2.30. The third-order valence-corrected chi connectivity index (χ3v) is 4.30. The van der Waals surface area contributed by atoms with E-state index in [9.17, 15) is 4.79 Å². The molecule has 26 heavy (non-hydrogen) atoms. The number of carbonyl (C=O) groups excluding carboxylic acids is 1. The van der Waals surface area contributed by atoms with Crippen molar-refractivity contribution in [2.75, 3.05) is 11.9 Å². The fourth-order valence-electron chi connectivity index (χ4n) is 3.02. The molecule has 3 rings (SSSR count). The van der Waals surface area contributed by atoms with Crippen LogP contribution in [0.25, 0.3) is 5.69 Å². The van der Waals surface area contributed by atoms with Crippen LogP contribution in [-0.2, 0) is 0 Å².